The van der Waals surface area contributed by atoms with Gasteiger partial charge in [0.2, 0.25) is 0 Å². The molecular weight excluding hydrogens is 336 g/mol. The summed E-state index contributed by atoms with van der Waals surface area (Å²) in [6.45, 7) is 2.52. The maximum atomic E-state index is 12.1. The number of hydrogen-bond donors (Lipinski definition) is 2. The SMILES string of the molecule is Cc1ccc(C(=O)Nc2ccc(NCc3ccccc3Cl)nn2)cc1. The molecule has 3 aromatic rings. The Hall–Kier alpha value is -2.92. The van der Waals surface area contributed by atoms with Crippen molar-refractivity contribution in [3.63, 3.8) is 0 Å². The highest BCUT2D eigenvalue weighted by atomic mass is 35.5. The second-order valence-corrected chi connectivity index (χ2v) is 5.98. The fraction of sp³-hybridized carbons (Fsp3) is 0.105. The summed E-state index contributed by atoms with van der Waals surface area (Å²) < 4.78 is 0. The van der Waals surface area contributed by atoms with Crippen molar-refractivity contribution >= 4 is 29.1 Å². The number of aryl methyl sites for hydroxylation is 1. The van der Waals surface area contributed by atoms with E-state index in [9.17, 15) is 4.79 Å². The van der Waals surface area contributed by atoms with Gasteiger partial charge in [-0.15, -0.1) is 10.2 Å². The van der Waals surface area contributed by atoms with Gasteiger partial charge in [0.1, 0.15) is 5.82 Å². The van der Waals surface area contributed by atoms with Crippen molar-refractivity contribution in [3.8, 4) is 0 Å². The summed E-state index contributed by atoms with van der Waals surface area (Å²) >= 11 is 6.12. The van der Waals surface area contributed by atoms with Gasteiger partial charge in [-0.2, -0.15) is 0 Å². The summed E-state index contributed by atoms with van der Waals surface area (Å²) in [5.41, 5.74) is 2.65. The average molecular weight is 353 g/mol. The van der Waals surface area contributed by atoms with Crippen LogP contribution in [-0.4, -0.2) is 16.1 Å². The van der Waals surface area contributed by atoms with Gasteiger partial charge in [0.15, 0.2) is 5.82 Å². The lowest BCUT2D eigenvalue weighted by atomic mass is 10.1. The van der Waals surface area contributed by atoms with Crippen molar-refractivity contribution in [1.82, 2.24) is 10.2 Å². The minimum absolute atomic E-state index is 0.217. The van der Waals surface area contributed by atoms with Crippen LogP contribution in [0.4, 0.5) is 11.6 Å². The summed E-state index contributed by atoms with van der Waals surface area (Å²) in [5.74, 6) is 0.785. The third-order valence-corrected chi connectivity index (χ3v) is 4.01. The average Bonchev–Trinajstić information content (AvgIpc) is 2.63. The monoisotopic (exact) mass is 352 g/mol. The van der Waals surface area contributed by atoms with E-state index in [0.29, 0.717) is 28.8 Å². The minimum Gasteiger partial charge on any atom is -0.364 e. The first-order valence-electron chi connectivity index (χ1n) is 7.81. The maximum Gasteiger partial charge on any atom is 0.256 e. The number of nitrogens with one attached hydrogen (secondary N) is 2. The third-order valence-electron chi connectivity index (χ3n) is 3.64. The first-order chi connectivity index (χ1) is 12.1. The molecule has 0 aliphatic carbocycles. The molecule has 0 saturated heterocycles. The lowest BCUT2D eigenvalue weighted by Crippen LogP contribution is -2.13. The highest BCUT2D eigenvalue weighted by Gasteiger charge is 2.07. The molecule has 1 heterocycles. The number of benzene rings is 2. The fourth-order valence-electron chi connectivity index (χ4n) is 2.21. The number of aromatic nitrogens is 2. The molecule has 1 amide bonds. The Morgan fingerprint density at radius 3 is 2.32 bits per heavy atom. The zero-order chi connectivity index (χ0) is 17.6. The Bertz CT molecular complexity index is 863. The smallest absolute Gasteiger partial charge is 0.256 e. The van der Waals surface area contributed by atoms with E-state index in [1.165, 1.54) is 0 Å². The molecule has 0 unspecified atom stereocenters. The second-order valence-electron chi connectivity index (χ2n) is 5.57. The number of anilines is 2. The molecule has 25 heavy (non-hydrogen) atoms. The van der Waals surface area contributed by atoms with Crippen LogP contribution in [0.1, 0.15) is 21.5 Å². The van der Waals surface area contributed by atoms with Crippen LogP contribution in [0.5, 0.6) is 0 Å². The van der Waals surface area contributed by atoms with Gasteiger partial charge >= 0.3 is 0 Å². The Kier molecular flexibility index (Phi) is 5.26. The van der Waals surface area contributed by atoms with Gasteiger partial charge in [-0.25, -0.2) is 0 Å². The minimum atomic E-state index is -0.217. The molecule has 0 saturated carbocycles. The molecule has 0 bridgehead atoms. The second kappa shape index (κ2) is 7.77. The highest BCUT2D eigenvalue weighted by Crippen LogP contribution is 2.16. The topological polar surface area (TPSA) is 66.9 Å². The van der Waals surface area contributed by atoms with Crippen molar-refractivity contribution in [2.45, 2.75) is 13.5 Å². The maximum absolute atomic E-state index is 12.1. The molecule has 2 N–H and O–H groups in total. The Morgan fingerprint density at radius 1 is 0.960 bits per heavy atom. The van der Waals surface area contributed by atoms with E-state index in [1.807, 2.05) is 43.3 Å². The van der Waals surface area contributed by atoms with E-state index >= 15 is 0 Å². The number of rotatable bonds is 5. The van der Waals surface area contributed by atoms with Crippen LogP contribution >= 0.6 is 11.6 Å². The zero-order valence-electron chi connectivity index (χ0n) is 13.7. The molecule has 2 aromatic carbocycles. The Balaban J connectivity index is 1.59. The molecule has 0 aliphatic rings. The van der Waals surface area contributed by atoms with Crippen molar-refractivity contribution in [2.24, 2.45) is 0 Å². The molecule has 3 rings (SSSR count). The summed E-state index contributed by atoms with van der Waals surface area (Å²) in [6.07, 6.45) is 0. The van der Waals surface area contributed by atoms with Gasteiger partial charge in [0, 0.05) is 17.1 Å². The summed E-state index contributed by atoms with van der Waals surface area (Å²) in [7, 11) is 0. The van der Waals surface area contributed by atoms with Gasteiger partial charge in [0.25, 0.3) is 5.91 Å². The van der Waals surface area contributed by atoms with E-state index in [2.05, 4.69) is 20.8 Å². The number of amides is 1. The van der Waals surface area contributed by atoms with Crippen LogP contribution in [0.3, 0.4) is 0 Å². The standard InChI is InChI=1S/C19H17ClN4O/c1-13-6-8-14(9-7-13)19(25)22-18-11-10-17(23-24-18)21-12-15-4-2-3-5-16(15)20/h2-11H,12H2,1H3,(H,21,23)(H,22,24,25). The van der Waals surface area contributed by atoms with Crippen LogP contribution in [-0.2, 0) is 6.54 Å². The predicted octanol–water partition coefficient (Wildman–Crippen LogP) is 4.30. The summed E-state index contributed by atoms with van der Waals surface area (Å²) in [4.78, 5) is 12.1. The molecule has 0 fully saturated rings. The van der Waals surface area contributed by atoms with E-state index in [-0.39, 0.29) is 5.91 Å². The van der Waals surface area contributed by atoms with Gasteiger partial charge in [-0.1, -0.05) is 47.5 Å². The number of carbonyl (C=O) groups is 1. The molecule has 1 aromatic heterocycles. The fourth-order valence-corrected chi connectivity index (χ4v) is 2.42. The van der Waals surface area contributed by atoms with E-state index < -0.39 is 0 Å². The predicted molar refractivity (Wildman–Crippen MR) is 99.9 cm³/mol. The molecule has 0 radical (unpaired) electrons. The van der Waals surface area contributed by atoms with Crippen LogP contribution in [0, 0.1) is 6.92 Å². The molecular formula is C19H17ClN4O. The van der Waals surface area contributed by atoms with Crippen molar-refractivity contribution in [2.75, 3.05) is 10.6 Å². The number of hydrogen-bond acceptors (Lipinski definition) is 4. The van der Waals surface area contributed by atoms with Gasteiger partial charge < -0.3 is 10.6 Å². The molecule has 5 nitrogen and oxygen atoms in total. The van der Waals surface area contributed by atoms with Gasteiger partial charge in [0.05, 0.1) is 0 Å². The highest BCUT2D eigenvalue weighted by molar-refractivity contribution is 6.31. The molecule has 6 heteroatoms. The van der Waals surface area contributed by atoms with Crippen LogP contribution < -0.4 is 10.6 Å². The Labute approximate surface area is 151 Å². The number of nitrogens with zero attached hydrogens (tertiary/aromatic N) is 2. The first kappa shape index (κ1) is 16.9. The summed E-state index contributed by atoms with van der Waals surface area (Å²) in [6, 6.07) is 18.4. The van der Waals surface area contributed by atoms with Crippen LogP contribution in [0.25, 0.3) is 0 Å². The zero-order valence-corrected chi connectivity index (χ0v) is 14.4. The van der Waals surface area contributed by atoms with Crippen molar-refractivity contribution in [3.05, 3.63) is 82.4 Å². The molecule has 0 atom stereocenters. The summed E-state index contributed by atoms with van der Waals surface area (Å²) in [5, 5.41) is 14.7. The molecule has 0 spiro atoms. The first-order valence-corrected chi connectivity index (χ1v) is 8.18. The van der Waals surface area contributed by atoms with E-state index in [1.54, 1.807) is 24.3 Å². The number of halogens is 1. The van der Waals surface area contributed by atoms with Crippen LogP contribution in [0.2, 0.25) is 5.02 Å². The largest absolute Gasteiger partial charge is 0.364 e. The molecule has 0 aliphatic heterocycles. The third kappa shape index (κ3) is 4.55. The van der Waals surface area contributed by atoms with E-state index in [0.717, 1.165) is 11.1 Å². The van der Waals surface area contributed by atoms with Crippen LogP contribution in [0.15, 0.2) is 60.7 Å². The van der Waals surface area contributed by atoms with Crippen molar-refractivity contribution < 1.29 is 4.79 Å². The van der Waals surface area contributed by atoms with Gasteiger partial charge in [-0.3, -0.25) is 4.79 Å². The lowest BCUT2D eigenvalue weighted by Gasteiger charge is -2.08. The molecule has 126 valence electrons. The quantitative estimate of drug-likeness (QED) is 0.718. The van der Waals surface area contributed by atoms with E-state index in [4.69, 9.17) is 11.6 Å². The number of carbonyl (C=O) groups excluding carboxylic acids is 1. The lowest BCUT2D eigenvalue weighted by molar-refractivity contribution is 0.102. The van der Waals surface area contributed by atoms with Crippen molar-refractivity contribution in [1.29, 1.82) is 0 Å². The Morgan fingerprint density at radius 2 is 1.64 bits per heavy atom. The van der Waals surface area contributed by atoms with Gasteiger partial charge in [-0.05, 0) is 42.8 Å². The normalized spacial score (nSPS) is 10.3.